The zero-order valence-corrected chi connectivity index (χ0v) is 12.7. The van der Waals surface area contributed by atoms with Crippen molar-refractivity contribution < 1.29 is 9.18 Å². The minimum Gasteiger partial charge on any atom is -0.340 e. The number of hydrogen-bond acceptors (Lipinski definition) is 3. The van der Waals surface area contributed by atoms with Crippen molar-refractivity contribution in [2.75, 3.05) is 13.1 Å². The number of nitrogens with zero attached hydrogens (tertiary/aromatic N) is 4. The largest absolute Gasteiger partial charge is 0.340 e. The first kappa shape index (κ1) is 15.0. The Bertz CT molecular complexity index is 641. The molecule has 1 unspecified atom stereocenters. The van der Waals surface area contributed by atoms with Crippen LogP contribution in [0.3, 0.4) is 0 Å². The molecule has 0 N–H and O–H groups in total. The monoisotopic (exact) mass is 322 g/mol. The van der Waals surface area contributed by atoms with Gasteiger partial charge in [0.1, 0.15) is 5.82 Å². The Kier molecular flexibility index (Phi) is 4.38. The smallest absolute Gasteiger partial charge is 0.222 e. The predicted octanol–water partition coefficient (Wildman–Crippen LogP) is 2.48. The van der Waals surface area contributed by atoms with Gasteiger partial charge in [-0.3, -0.25) is 4.79 Å². The molecule has 1 atom stereocenters. The molecule has 116 valence electrons. The lowest BCUT2D eigenvalue weighted by Crippen LogP contribution is -2.29. The number of carbonyl (C=O) groups is 1. The molecule has 22 heavy (non-hydrogen) atoms. The minimum atomic E-state index is -0.361. The number of halogens is 2. The fraction of sp³-hybridized carbons (Fsp3) is 0.400. The number of amides is 1. The van der Waals surface area contributed by atoms with E-state index in [1.807, 2.05) is 0 Å². The van der Waals surface area contributed by atoms with Gasteiger partial charge >= 0.3 is 0 Å². The van der Waals surface area contributed by atoms with Crippen molar-refractivity contribution in [3.05, 3.63) is 47.0 Å². The van der Waals surface area contributed by atoms with E-state index in [1.54, 1.807) is 34.2 Å². The van der Waals surface area contributed by atoms with Crippen LogP contribution in [-0.2, 0) is 11.2 Å². The summed E-state index contributed by atoms with van der Waals surface area (Å²) in [5.74, 6) is -0.352. The van der Waals surface area contributed by atoms with Gasteiger partial charge in [0.25, 0.3) is 0 Å². The second-order valence-electron chi connectivity index (χ2n) is 5.33. The average Bonchev–Trinajstić information content (AvgIpc) is 3.17. The van der Waals surface area contributed by atoms with Crippen LogP contribution in [0.4, 0.5) is 4.39 Å². The molecule has 2 aromatic rings. The lowest BCUT2D eigenvalue weighted by Gasteiger charge is -2.16. The molecule has 1 aliphatic rings. The number of carbonyl (C=O) groups excluding carboxylic acids is 1. The van der Waals surface area contributed by atoms with Gasteiger partial charge in [0, 0.05) is 30.1 Å². The second-order valence-corrected chi connectivity index (χ2v) is 5.74. The fourth-order valence-electron chi connectivity index (χ4n) is 2.73. The maximum atomic E-state index is 13.7. The van der Waals surface area contributed by atoms with Gasteiger partial charge in [-0.15, -0.1) is 0 Å². The van der Waals surface area contributed by atoms with Gasteiger partial charge in [0.05, 0.1) is 18.4 Å². The van der Waals surface area contributed by atoms with Crippen molar-refractivity contribution in [3.8, 4) is 0 Å². The van der Waals surface area contributed by atoms with E-state index in [2.05, 4.69) is 10.2 Å². The van der Waals surface area contributed by atoms with E-state index in [9.17, 15) is 9.18 Å². The third-order valence-electron chi connectivity index (χ3n) is 3.93. The standard InChI is InChI=1S/C15H16ClFN4O/c16-13-2-1-3-14(17)12(13)4-5-15(22)20-9-6-11(10-20)21-18-7-8-19-21/h1-3,7-8,11H,4-6,9-10H2. The van der Waals surface area contributed by atoms with Crippen molar-refractivity contribution in [3.63, 3.8) is 0 Å². The summed E-state index contributed by atoms with van der Waals surface area (Å²) in [7, 11) is 0. The van der Waals surface area contributed by atoms with Gasteiger partial charge in [0.15, 0.2) is 0 Å². The van der Waals surface area contributed by atoms with Crippen LogP contribution in [0.25, 0.3) is 0 Å². The Labute approximate surface area is 132 Å². The molecule has 2 heterocycles. The predicted molar refractivity (Wildman–Crippen MR) is 80.0 cm³/mol. The van der Waals surface area contributed by atoms with Crippen LogP contribution in [0.15, 0.2) is 30.6 Å². The third-order valence-corrected chi connectivity index (χ3v) is 4.28. The zero-order valence-electron chi connectivity index (χ0n) is 12.0. The Morgan fingerprint density at radius 2 is 2.14 bits per heavy atom. The van der Waals surface area contributed by atoms with Crippen LogP contribution in [0, 0.1) is 5.82 Å². The van der Waals surface area contributed by atoms with E-state index in [4.69, 9.17) is 11.6 Å². The average molecular weight is 323 g/mol. The highest BCUT2D eigenvalue weighted by molar-refractivity contribution is 6.31. The van der Waals surface area contributed by atoms with E-state index in [0.717, 1.165) is 6.42 Å². The van der Waals surface area contributed by atoms with Crippen molar-refractivity contribution in [2.24, 2.45) is 0 Å². The normalized spacial score (nSPS) is 17.9. The maximum Gasteiger partial charge on any atom is 0.222 e. The molecule has 1 aliphatic heterocycles. The summed E-state index contributed by atoms with van der Waals surface area (Å²) in [5.41, 5.74) is 0.405. The molecule has 1 fully saturated rings. The fourth-order valence-corrected chi connectivity index (χ4v) is 2.99. The second kappa shape index (κ2) is 6.44. The van der Waals surface area contributed by atoms with Gasteiger partial charge in [-0.1, -0.05) is 17.7 Å². The molecule has 0 saturated carbocycles. The van der Waals surface area contributed by atoms with Gasteiger partial charge in [-0.05, 0) is 25.0 Å². The van der Waals surface area contributed by atoms with Gasteiger partial charge in [-0.25, -0.2) is 4.39 Å². The summed E-state index contributed by atoms with van der Waals surface area (Å²) in [6, 6.07) is 4.68. The Balaban J connectivity index is 1.57. The van der Waals surface area contributed by atoms with Crippen LogP contribution in [-0.4, -0.2) is 38.9 Å². The Morgan fingerprint density at radius 3 is 2.86 bits per heavy atom. The van der Waals surface area contributed by atoms with Crippen LogP contribution in [0.5, 0.6) is 0 Å². The van der Waals surface area contributed by atoms with Crippen molar-refractivity contribution in [1.82, 2.24) is 19.9 Å². The Hall–Kier alpha value is -1.95. The van der Waals surface area contributed by atoms with Crippen LogP contribution < -0.4 is 0 Å². The number of hydrogen-bond donors (Lipinski definition) is 0. The molecule has 1 aromatic heterocycles. The molecule has 1 saturated heterocycles. The highest BCUT2D eigenvalue weighted by Crippen LogP contribution is 2.23. The van der Waals surface area contributed by atoms with Crippen molar-refractivity contribution >= 4 is 17.5 Å². The lowest BCUT2D eigenvalue weighted by molar-refractivity contribution is -0.130. The van der Waals surface area contributed by atoms with Gasteiger partial charge in [0.2, 0.25) is 5.91 Å². The van der Waals surface area contributed by atoms with E-state index in [0.29, 0.717) is 30.1 Å². The molecular formula is C15H16ClFN4O. The molecular weight excluding hydrogens is 307 g/mol. The van der Waals surface area contributed by atoms with Crippen LogP contribution in [0.1, 0.15) is 24.4 Å². The lowest BCUT2D eigenvalue weighted by atomic mass is 10.1. The quantitative estimate of drug-likeness (QED) is 0.869. The molecule has 1 aromatic carbocycles. The number of aromatic nitrogens is 3. The summed E-state index contributed by atoms with van der Waals surface area (Å²) in [6.45, 7) is 1.27. The molecule has 0 spiro atoms. The molecule has 0 radical (unpaired) electrons. The van der Waals surface area contributed by atoms with Crippen LogP contribution >= 0.6 is 11.6 Å². The topological polar surface area (TPSA) is 51.0 Å². The third kappa shape index (κ3) is 3.11. The number of rotatable bonds is 4. The van der Waals surface area contributed by atoms with Gasteiger partial charge < -0.3 is 4.90 Å². The van der Waals surface area contributed by atoms with Crippen LogP contribution in [0.2, 0.25) is 5.02 Å². The minimum absolute atomic E-state index is 0.00831. The molecule has 1 amide bonds. The highest BCUT2D eigenvalue weighted by atomic mass is 35.5. The highest BCUT2D eigenvalue weighted by Gasteiger charge is 2.28. The summed E-state index contributed by atoms with van der Waals surface area (Å²) >= 11 is 5.98. The first-order chi connectivity index (χ1) is 10.6. The van der Waals surface area contributed by atoms with Gasteiger partial charge in [-0.2, -0.15) is 15.0 Å². The van der Waals surface area contributed by atoms with E-state index in [-0.39, 0.29) is 24.2 Å². The molecule has 3 rings (SSSR count). The summed E-state index contributed by atoms with van der Waals surface area (Å²) in [5, 5.41) is 8.59. The van der Waals surface area contributed by atoms with Crippen molar-refractivity contribution in [1.29, 1.82) is 0 Å². The molecule has 0 bridgehead atoms. The van der Waals surface area contributed by atoms with E-state index in [1.165, 1.54) is 6.07 Å². The maximum absolute atomic E-state index is 13.7. The molecule has 0 aliphatic carbocycles. The molecule has 7 heteroatoms. The van der Waals surface area contributed by atoms with E-state index < -0.39 is 0 Å². The SMILES string of the molecule is O=C(CCc1c(F)cccc1Cl)N1CCC(n2nccn2)C1. The summed E-state index contributed by atoms with van der Waals surface area (Å²) in [4.78, 5) is 15.7. The molecule has 5 nitrogen and oxygen atoms in total. The summed E-state index contributed by atoms with van der Waals surface area (Å²) < 4.78 is 13.7. The first-order valence-electron chi connectivity index (χ1n) is 7.21. The van der Waals surface area contributed by atoms with Crippen molar-refractivity contribution in [2.45, 2.75) is 25.3 Å². The summed E-state index contributed by atoms with van der Waals surface area (Å²) in [6.07, 6.45) is 4.65. The van der Waals surface area contributed by atoms with E-state index >= 15 is 0 Å². The number of likely N-dealkylation sites (tertiary alicyclic amines) is 1. The Morgan fingerprint density at radius 1 is 1.36 bits per heavy atom. The zero-order chi connectivity index (χ0) is 15.5. The number of benzene rings is 1. The first-order valence-corrected chi connectivity index (χ1v) is 7.59.